The highest BCUT2D eigenvalue weighted by molar-refractivity contribution is 5.92. The molecule has 23 heavy (non-hydrogen) atoms. The fraction of sp³-hybridized carbons (Fsp3) is 0.556. The Balaban J connectivity index is 2.61. The molecule has 128 valence electrons. The number of carbonyl (C=O) groups excluding carboxylic acids is 2. The van der Waals surface area contributed by atoms with Gasteiger partial charge in [-0.15, -0.1) is 0 Å². The van der Waals surface area contributed by atoms with Gasteiger partial charge < -0.3 is 15.4 Å². The minimum absolute atomic E-state index is 0.00428. The zero-order chi connectivity index (χ0) is 17.2. The van der Waals surface area contributed by atoms with Gasteiger partial charge in [-0.3, -0.25) is 0 Å². The SMILES string of the molecule is CCCCc1ccc(NC(=O)N[C@H](C(=O)OC)[C@@H](C)CC)cc1. The molecule has 1 aromatic carbocycles. The van der Waals surface area contributed by atoms with Gasteiger partial charge in [0.05, 0.1) is 7.11 Å². The molecule has 0 saturated heterocycles. The average Bonchev–Trinajstić information content (AvgIpc) is 2.57. The van der Waals surface area contributed by atoms with Crippen LogP contribution >= 0.6 is 0 Å². The summed E-state index contributed by atoms with van der Waals surface area (Å²) in [6, 6.07) is 6.73. The quantitative estimate of drug-likeness (QED) is 0.717. The highest BCUT2D eigenvalue weighted by Gasteiger charge is 2.26. The molecule has 0 aromatic heterocycles. The number of amides is 2. The Morgan fingerprint density at radius 2 is 1.83 bits per heavy atom. The number of anilines is 1. The maximum Gasteiger partial charge on any atom is 0.328 e. The van der Waals surface area contributed by atoms with E-state index in [-0.39, 0.29) is 5.92 Å². The fourth-order valence-electron chi connectivity index (χ4n) is 2.24. The lowest BCUT2D eigenvalue weighted by molar-refractivity contribution is -0.144. The number of nitrogens with one attached hydrogen (secondary N) is 2. The predicted octanol–water partition coefficient (Wildman–Crippen LogP) is 3.74. The molecule has 2 atom stereocenters. The van der Waals surface area contributed by atoms with Gasteiger partial charge in [0.15, 0.2) is 0 Å². The first-order chi connectivity index (χ1) is 11.0. The van der Waals surface area contributed by atoms with Crippen LogP contribution in [0.4, 0.5) is 10.5 Å². The molecule has 0 fully saturated rings. The van der Waals surface area contributed by atoms with E-state index in [1.165, 1.54) is 12.7 Å². The maximum atomic E-state index is 12.1. The van der Waals surface area contributed by atoms with Crippen molar-refractivity contribution in [2.45, 2.75) is 52.5 Å². The number of urea groups is 1. The van der Waals surface area contributed by atoms with Crippen LogP contribution in [-0.4, -0.2) is 25.2 Å². The standard InChI is InChI=1S/C18H28N2O3/c1-5-7-8-14-9-11-15(12-10-14)19-18(22)20-16(13(3)6-2)17(21)23-4/h9-13,16H,5-8H2,1-4H3,(H2,19,20,22)/t13-,16-/m0/s1. The third kappa shape index (κ3) is 6.30. The van der Waals surface area contributed by atoms with Gasteiger partial charge in [-0.05, 0) is 36.5 Å². The topological polar surface area (TPSA) is 67.4 Å². The third-order valence-electron chi connectivity index (χ3n) is 3.99. The van der Waals surface area contributed by atoms with Crippen LogP contribution in [0.15, 0.2) is 24.3 Å². The molecule has 5 heteroatoms. The van der Waals surface area contributed by atoms with Crippen molar-refractivity contribution in [3.8, 4) is 0 Å². The number of hydrogen-bond donors (Lipinski definition) is 2. The number of unbranched alkanes of at least 4 members (excludes halogenated alkanes) is 1. The van der Waals surface area contributed by atoms with Gasteiger partial charge in [0.1, 0.15) is 6.04 Å². The zero-order valence-corrected chi connectivity index (χ0v) is 14.5. The van der Waals surface area contributed by atoms with Crippen molar-refractivity contribution in [3.05, 3.63) is 29.8 Å². The maximum absolute atomic E-state index is 12.1. The molecular formula is C18H28N2O3. The van der Waals surface area contributed by atoms with Gasteiger partial charge in [0.2, 0.25) is 0 Å². The van der Waals surface area contributed by atoms with Crippen molar-refractivity contribution >= 4 is 17.7 Å². The molecule has 2 N–H and O–H groups in total. The number of esters is 1. The summed E-state index contributed by atoms with van der Waals surface area (Å²) < 4.78 is 4.76. The van der Waals surface area contributed by atoms with E-state index in [2.05, 4.69) is 17.6 Å². The van der Waals surface area contributed by atoms with Gasteiger partial charge in [0, 0.05) is 5.69 Å². The number of aryl methyl sites for hydroxylation is 1. The lowest BCUT2D eigenvalue weighted by Gasteiger charge is -2.22. The smallest absolute Gasteiger partial charge is 0.328 e. The van der Waals surface area contributed by atoms with Gasteiger partial charge in [0.25, 0.3) is 0 Å². The Labute approximate surface area is 138 Å². The Bertz CT molecular complexity index is 499. The molecule has 1 aromatic rings. The minimum atomic E-state index is -0.645. The Morgan fingerprint density at radius 3 is 2.35 bits per heavy atom. The van der Waals surface area contributed by atoms with E-state index < -0.39 is 18.0 Å². The van der Waals surface area contributed by atoms with E-state index in [4.69, 9.17) is 4.74 Å². The van der Waals surface area contributed by atoms with E-state index in [9.17, 15) is 9.59 Å². The summed E-state index contributed by atoms with van der Waals surface area (Å²) in [6.45, 7) is 6.04. The molecule has 0 unspecified atom stereocenters. The number of ether oxygens (including phenoxy) is 1. The Hall–Kier alpha value is -2.04. The van der Waals surface area contributed by atoms with Crippen LogP contribution in [0.5, 0.6) is 0 Å². The molecule has 0 aliphatic carbocycles. The van der Waals surface area contributed by atoms with Crippen LogP contribution in [0.25, 0.3) is 0 Å². The van der Waals surface area contributed by atoms with E-state index >= 15 is 0 Å². The Kier molecular flexibility index (Phi) is 8.16. The second kappa shape index (κ2) is 9.87. The lowest BCUT2D eigenvalue weighted by Crippen LogP contribution is -2.47. The van der Waals surface area contributed by atoms with Crippen molar-refractivity contribution < 1.29 is 14.3 Å². The molecule has 0 heterocycles. The van der Waals surface area contributed by atoms with Gasteiger partial charge in [-0.25, -0.2) is 9.59 Å². The summed E-state index contributed by atoms with van der Waals surface area (Å²) in [7, 11) is 1.33. The number of hydrogen-bond acceptors (Lipinski definition) is 3. The molecule has 0 spiro atoms. The summed E-state index contributed by atoms with van der Waals surface area (Å²) in [6.07, 6.45) is 4.13. The highest BCUT2D eigenvalue weighted by atomic mass is 16.5. The van der Waals surface area contributed by atoms with Crippen molar-refractivity contribution in [1.82, 2.24) is 5.32 Å². The summed E-state index contributed by atoms with van der Waals surface area (Å²) in [5.74, 6) is -0.422. The Morgan fingerprint density at radius 1 is 1.17 bits per heavy atom. The summed E-state index contributed by atoms with van der Waals surface area (Å²) in [5, 5.41) is 5.45. The zero-order valence-electron chi connectivity index (χ0n) is 14.5. The predicted molar refractivity (Wildman–Crippen MR) is 92.5 cm³/mol. The van der Waals surface area contributed by atoms with Crippen molar-refractivity contribution in [3.63, 3.8) is 0 Å². The second-order valence-corrected chi connectivity index (χ2v) is 5.79. The van der Waals surface area contributed by atoms with Crippen LogP contribution < -0.4 is 10.6 Å². The summed E-state index contributed by atoms with van der Waals surface area (Å²) in [4.78, 5) is 23.9. The second-order valence-electron chi connectivity index (χ2n) is 5.79. The van der Waals surface area contributed by atoms with Crippen molar-refractivity contribution in [2.24, 2.45) is 5.92 Å². The third-order valence-corrected chi connectivity index (χ3v) is 3.99. The van der Waals surface area contributed by atoms with Crippen molar-refractivity contribution in [2.75, 3.05) is 12.4 Å². The van der Waals surface area contributed by atoms with E-state index in [1.54, 1.807) is 0 Å². The molecule has 0 radical (unpaired) electrons. The van der Waals surface area contributed by atoms with Gasteiger partial charge >= 0.3 is 12.0 Å². The van der Waals surface area contributed by atoms with Crippen LogP contribution in [0.1, 0.15) is 45.6 Å². The molecule has 5 nitrogen and oxygen atoms in total. The monoisotopic (exact) mass is 320 g/mol. The molecule has 0 aliphatic rings. The molecule has 1 rings (SSSR count). The van der Waals surface area contributed by atoms with E-state index in [0.29, 0.717) is 5.69 Å². The number of rotatable bonds is 8. The highest BCUT2D eigenvalue weighted by Crippen LogP contribution is 2.13. The van der Waals surface area contributed by atoms with Crippen LogP contribution in [0.3, 0.4) is 0 Å². The van der Waals surface area contributed by atoms with Gasteiger partial charge in [-0.1, -0.05) is 45.7 Å². The number of carbonyl (C=O) groups is 2. The van der Waals surface area contributed by atoms with Crippen LogP contribution in [-0.2, 0) is 16.0 Å². The van der Waals surface area contributed by atoms with Gasteiger partial charge in [-0.2, -0.15) is 0 Å². The van der Waals surface area contributed by atoms with E-state index in [0.717, 1.165) is 25.7 Å². The lowest BCUT2D eigenvalue weighted by atomic mass is 9.99. The molecule has 0 saturated carbocycles. The number of benzene rings is 1. The first kappa shape index (κ1) is 19.0. The molecule has 0 bridgehead atoms. The van der Waals surface area contributed by atoms with E-state index in [1.807, 2.05) is 38.1 Å². The minimum Gasteiger partial charge on any atom is -0.467 e. The summed E-state index contributed by atoms with van der Waals surface area (Å²) >= 11 is 0. The molecule has 0 aliphatic heterocycles. The summed E-state index contributed by atoms with van der Waals surface area (Å²) in [5.41, 5.74) is 1.96. The first-order valence-electron chi connectivity index (χ1n) is 8.26. The van der Waals surface area contributed by atoms with Crippen LogP contribution in [0.2, 0.25) is 0 Å². The average molecular weight is 320 g/mol. The number of methoxy groups -OCH3 is 1. The van der Waals surface area contributed by atoms with Crippen LogP contribution in [0, 0.1) is 5.92 Å². The normalized spacial score (nSPS) is 13.0. The fourth-order valence-corrected chi connectivity index (χ4v) is 2.24. The molecule has 2 amide bonds. The largest absolute Gasteiger partial charge is 0.467 e. The van der Waals surface area contributed by atoms with Crippen molar-refractivity contribution in [1.29, 1.82) is 0 Å². The first-order valence-corrected chi connectivity index (χ1v) is 8.26. The molecular weight excluding hydrogens is 292 g/mol.